The minimum atomic E-state index is 0.0322. The van der Waals surface area contributed by atoms with Crippen molar-refractivity contribution in [2.45, 2.75) is 6.92 Å². The molecule has 0 spiro atoms. The molecule has 0 unspecified atom stereocenters. The first-order valence-electron chi connectivity index (χ1n) is 8.13. The normalized spacial score (nSPS) is 17.5. The van der Waals surface area contributed by atoms with Crippen molar-refractivity contribution >= 4 is 52.6 Å². The van der Waals surface area contributed by atoms with Crippen molar-refractivity contribution in [1.82, 2.24) is 0 Å². The molecule has 0 saturated heterocycles. The van der Waals surface area contributed by atoms with E-state index in [0.717, 1.165) is 26.7 Å². The summed E-state index contributed by atoms with van der Waals surface area (Å²) in [6.45, 7) is 2.29. The molecule has 2 aliphatic rings. The van der Waals surface area contributed by atoms with Gasteiger partial charge in [0, 0.05) is 10.6 Å². The summed E-state index contributed by atoms with van der Waals surface area (Å²) >= 11 is 9.19. The van der Waals surface area contributed by atoms with Crippen LogP contribution in [0.1, 0.15) is 18.1 Å². The van der Waals surface area contributed by atoms with E-state index in [1.807, 2.05) is 48.5 Å². The predicted octanol–water partition coefficient (Wildman–Crippen LogP) is 5.85. The maximum Gasteiger partial charge on any atom is 0.231 e. The third-order valence-corrected chi connectivity index (χ3v) is 6.50. The van der Waals surface area contributed by atoms with Crippen LogP contribution >= 0.6 is 35.1 Å². The number of halogens is 1. The van der Waals surface area contributed by atoms with Crippen molar-refractivity contribution in [3.05, 3.63) is 67.8 Å². The lowest BCUT2D eigenvalue weighted by molar-refractivity contribution is -0.109. The Morgan fingerprint density at radius 1 is 1.19 bits per heavy atom. The molecule has 0 aromatic heterocycles. The Bertz CT molecular complexity index is 933. The van der Waals surface area contributed by atoms with E-state index in [1.165, 1.54) is 11.8 Å². The fraction of sp³-hybridized carbons (Fsp3) is 0.150. The van der Waals surface area contributed by atoms with Crippen molar-refractivity contribution < 1.29 is 14.3 Å². The summed E-state index contributed by atoms with van der Waals surface area (Å²) < 4.78 is 12.0. The van der Waals surface area contributed by atoms with Crippen molar-refractivity contribution in [2.75, 3.05) is 12.5 Å². The quantitative estimate of drug-likeness (QED) is 0.599. The molecule has 2 aromatic carbocycles. The third-order valence-electron chi connectivity index (χ3n) is 3.98. The maximum atomic E-state index is 13.1. The molecule has 0 fully saturated rings. The number of carbonyl (C=O) groups excluding carboxylic acids is 1. The van der Waals surface area contributed by atoms with E-state index in [2.05, 4.69) is 6.92 Å². The molecule has 2 aliphatic heterocycles. The second kappa shape index (κ2) is 7.43. The molecule has 0 aliphatic carbocycles. The average Bonchev–Trinajstić information content (AvgIpc) is 3.23. The van der Waals surface area contributed by atoms with Gasteiger partial charge in [-0.25, -0.2) is 0 Å². The number of para-hydroxylation sites is 1. The number of Topliss-reactive ketones (excluding diaryl/α,β-unsaturated/α-hetero) is 1. The summed E-state index contributed by atoms with van der Waals surface area (Å²) in [5, 5.41) is 0.657. The fourth-order valence-electron chi connectivity index (χ4n) is 2.81. The number of rotatable bonds is 4. The summed E-state index contributed by atoms with van der Waals surface area (Å²) in [5.74, 6) is 2.34. The zero-order valence-corrected chi connectivity index (χ0v) is 16.3. The van der Waals surface area contributed by atoms with E-state index < -0.39 is 0 Å². The van der Waals surface area contributed by atoms with E-state index >= 15 is 0 Å². The third kappa shape index (κ3) is 3.27. The van der Waals surface area contributed by atoms with Gasteiger partial charge in [0.2, 0.25) is 12.6 Å². The van der Waals surface area contributed by atoms with Gasteiger partial charge in [0.05, 0.1) is 14.7 Å². The second-order valence-electron chi connectivity index (χ2n) is 5.62. The minimum absolute atomic E-state index is 0.0322. The molecule has 3 nitrogen and oxygen atoms in total. The Hall–Kier alpha value is -1.82. The van der Waals surface area contributed by atoms with E-state index in [0.29, 0.717) is 21.4 Å². The lowest BCUT2D eigenvalue weighted by Gasteiger charge is -2.04. The molecule has 0 amide bonds. The van der Waals surface area contributed by atoms with Crippen molar-refractivity contribution in [3.63, 3.8) is 0 Å². The topological polar surface area (TPSA) is 35.5 Å². The number of fused-ring (bicyclic) bond motifs is 1. The van der Waals surface area contributed by atoms with E-state index in [-0.39, 0.29) is 12.6 Å². The predicted molar refractivity (Wildman–Crippen MR) is 110 cm³/mol. The van der Waals surface area contributed by atoms with Gasteiger partial charge in [-0.3, -0.25) is 4.79 Å². The number of hydrogen-bond donors (Lipinski definition) is 0. The molecular weight excluding hydrogens is 388 g/mol. The first-order valence-corrected chi connectivity index (χ1v) is 10.3. The second-order valence-corrected chi connectivity index (χ2v) is 8.64. The number of carbonyl (C=O) groups is 1. The summed E-state index contributed by atoms with van der Waals surface area (Å²) in [6, 6.07) is 13.1. The molecule has 2 heterocycles. The first kappa shape index (κ1) is 17.6. The van der Waals surface area contributed by atoms with E-state index in [4.69, 9.17) is 21.1 Å². The molecule has 2 aromatic rings. The van der Waals surface area contributed by atoms with Crippen LogP contribution in [0.5, 0.6) is 11.5 Å². The van der Waals surface area contributed by atoms with Gasteiger partial charge in [0.15, 0.2) is 11.5 Å². The van der Waals surface area contributed by atoms with Crippen LogP contribution in [0, 0.1) is 0 Å². The highest BCUT2D eigenvalue weighted by Crippen LogP contribution is 2.49. The minimum Gasteiger partial charge on any atom is -0.454 e. The van der Waals surface area contributed by atoms with Crippen LogP contribution in [0.3, 0.4) is 0 Å². The number of hydrogen-bond acceptors (Lipinski definition) is 5. The van der Waals surface area contributed by atoms with Crippen molar-refractivity contribution in [3.8, 4) is 11.5 Å². The molecule has 0 saturated carbocycles. The summed E-state index contributed by atoms with van der Waals surface area (Å²) in [5.41, 5.74) is 2.49. The van der Waals surface area contributed by atoms with Crippen LogP contribution in [0.4, 0.5) is 0 Å². The monoisotopic (exact) mass is 402 g/mol. The van der Waals surface area contributed by atoms with Gasteiger partial charge in [-0.2, -0.15) is 0 Å². The molecule has 26 heavy (non-hydrogen) atoms. The lowest BCUT2D eigenvalue weighted by Crippen LogP contribution is -1.99. The zero-order chi connectivity index (χ0) is 18.1. The summed E-state index contributed by atoms with van der Waals surface area (Å²) in [6.07, 6.45) is 1.89. The molecule has 0 radical (unpaired) electrons. The number of thioether (sulfide) groups is 2. The Balaban J connectivity index is 1.72. The molecule has 0 atom stereocenters. The molecule has 132 valence electrons. The first-order chi connectivity index (χ1) is 12.7. The lowest BCUT2D eigenvalue weighted by atomic mass is 10.0. The highest BCUT2D eigenvalue weighted by Gasteiger charge is 2.31. The smallest absolute Gasteiger partial charge is 0.231 e. The van der Waals surface area contributed by atoms with Gasteiger partial charge in [-0.1, -0.05) is 54.6 Å². The number of allylic oxidation sites excluding steroid dienone is 2. The maximum absolute atomic E-state index is 13.1. The van der Waals surface area contributed by atoms with Gasteiger partial charge in [-0.15, -0.1) is 11.8 Å². The molecule has 6 heteroatoms. The van der Waals surface area contributed by atoms with Crippen LogP contribution in [0.2, 0.25) is 5.02 Å². The van der Waals surface area contributed by atoms with Crippen LogP contribution in [-0.4, -0.2) is 18.3 Å². The largest absolute Gasteiger partial charge is 0.454 e. The van der Waals surface area contributed by atoms with Crippen LogP contribution in [0.25, 0.3) is 11.6 Å². The van der Waals surface area contributed by atoms with Crippen LogP contribution in [-0.2, 0) is 4.79 Å². The molecule has 0 bridgehead atoms. The molecular formula is C20H15ClO3S2. The average molecular weight is 403 g/mol. The van der Waals surface area contributed by atoms with E-state index in [9.17, 15) is 4.79 Å². The van der Waals surface area contributed by atoms with E-state index in [1.54, 1.807) is 11.8 Å². The standard InChI is InChI=1S/C20H15ClO3S2/c1-2-25-20-17(12-6-8-14(21)9-7-12)18(22)16(26-20)10-13-4-3-5-15-19(13)24-11-23-15/h3-10H,2,11H2,1H3/b16-10-. The Morgan fingerprint density at radius 3 is 2.77 bits per heavy atom. The van der Waals surface area contributed by atoms with Gasteiger partial charge in [-0.05, 0) is 35.6 Å². The van der Waals surface area contributed by atoms with Crippen LogP contribution < -0.4 is 9.47 Å². The number of ketones is 1. The van der Waals surface area contributed by atoms with Gasteiger partial charge in [0.1, 0.15) is 0 Å². The Kier molecular flexibility index (Phi) is 5.02. The highest BCUT2D eigenvalue weighted by atomic mass is 35.5. The van der Waals surface area contributed by atoms with Crippen LogP contribution in [0.15, 0.2) is 51.6 Å². The van der Waals surface area contributed by atoms with Crippen molar-refractivity contribution in [1.29, 1.82) is 0 Å². The molecule has 4 rings (SSSR count). The fourth-order valence-corrected chi connectivity index (χ4v) is 5.31. The summed E-state index contributed by atoms with van der Waals surface area (Å²) in [7, 11) is 0. The SMILES string of the molecule is CCSC1=C(c2ccc(Cl)cc2)C(=O)/C(=C/c2cccc3c2OCO3)S1. The molecule has 0 N–H and O–H groups in total. The number of benzene rings is 2. The number of ether oxygens (including phenoxy) is 2. The van der Waals surface area contributed by atoms with Crippen molar-refractivity contribution in [2.24, 2.45) is 0 Å². The zero-order valence-electron chi connectivity index (χ0n) is 14.0. The highest BCUT2D eigenvalue weighted by molar-refractivity contribution is 8.25. The summed E-state index contributed by atoms with van der Waals surface area (Å²) in [4.78, 5) is 13.8. The van der Waals surface area contributed by atoms with Gasteiger partial charge >= 0.3 is 0 Å². The Labute approximate surface area is 165 Å². The van der Waals surface area contributed by atoms with Gasteiger partial charge < -0.3 is 9.47 Å². The Morgan fingerprint density at radius 2 is 2.00 bits per heavy atom. The van der Waals surface area contributed by atoms with Gasteiger partial charge in [0.25, 0.3) is 0 Å².